The second-order valence-corrected chi connectivity index (χ2v) is 7.26. The van der Waals surface area contributed by atoms with Gasteiger partial charge in [-0.1, -0.05) is 32.9 Å². The topological polar surface area (TPSA) is 46.4 Å². The standard InChI is InChI=1S/C18H19N3OS/c1-18(2,3)13-4-6-14(7-5-13)20-16(22)9-8-15-12-19-17-21(15)10-11-23-17/h4-12H,1-3H3,(H,20,22)/b9-8+. The number of nitrogens with zero attached hydrogens (tertiary/aromatic N) is 2. The highest BCUT2D eigenvalue weighted by Crippen LogP contribution is 2.23. The zero-order valence-electron chi connectivity index (χ0n) is 13.4. The van der Waals surface area contributed by atoms with E-state index in [4.69, 9.17) is 0 Å². The lowest BCUT2D eigenvalue weighted by Crippen LogP contribution is -2.12. The first-order valence-corrected chi connectivity index (χ1v) is 8.31. The van der Waals surface area contributed by atoms with Crippen LogP contribution in [0.1, 0.15) is 32.0 Å². The first-order chi connectivity index (χ1) is 10.9. The normalized spacial score (nSPS) is 12.1. The molecule has 1 N–H and O–H groups in total. The third kappa shape index (κ3) is 3.51. The molecule has 0 fully saturated rings. The number of carbonyl (C=O) groups is 1. The molecule has 0 saturated carbocycles. The molecule has 0 atom stereocenters. The minimum Gasteiger partial charge on any atom is -0.323 e. The number of anilines is 1. The van der Waals surface area contributed by atoms with Gasteiger partial charge in [-0.2, -0.15) is 0 Å². The molecule has 0 bridgehead atoms. The van der Waals surface area contributed by atoms with Crippen LogP contribution < -0.4 is 5.32 Å². The molecule has 2 aromatic heterocycles. The molecule has 5 heteroatoms. The van der Waals surface area contributed by atoms with Crippen LogP contribution >= 0.6 is 11.3 Å². The molecule has 0 aliphatic heterocycles. The zero-order valence-corrected chi connectivity index (χ0v) is 14.2. The quantitative estimate of drug-likeness (QED) is 0.728. The lowest BCUT2D eigenvalue weighted by molar-refractivity contribution is -0.111. The molecule has 0 saturated heterocycles. The van der Waals surface area contributed by atoms with Crippen molar-refractivity contribution in [2.75, 3.05) is 5.32 Å². The summed E-state index contributed by atoms with van der Waals surface area (Å²) in [6, 6.07) is 7.96. The number of rotatable bonds is 3. The number of aromatic nitrogens is 2. The van der Waals surface area contributed by atoms with Crippen LogP contribution in [0.15, 0.2) is 48.1 Å². The van der Waals surface area contributed by atoms with E-state index in [1.165, 1.54) is 11.6 Å². The summed E-state index contributed by atoms with van der Waals surface area (Å²) in [7, 11) is 0. The number of benzene rings is 1. The third-order valence-corrected chi connectivity index (χ3v) is 4.37. The Morgan fingerprint density at radius 3 is 2.70 bits per heavy atom. The van der Waals surface area contributed by atoms with E-state index in [1.807, 2.05) is 40.2 Å². The highest BCUT2D eigenvalue weighted by atomic mass is 32.1. The third-order valence-electron chi connectivity index (χ3n) is 3.60. The maximum atomic E-state index is 12.0. The molecule has 4 nitrogen and oxygen atoms in total. The summed E-state index contributed by atoms with van der Waals surface area (Å²) in [5.74, 6) is -0.154. The van der Waals surface area contributed by atoms with E-state index < -0.39 is 0 Å². The maximum absolute atomic E-state index is 12.0. The maximum Gasteiger partial charge on any atom is 0.248 e. The molecule has 1 aromatic carbocycles. The van der Waals surface area contributed by atoms with Gasteiger partial charge in [-0.25, -0.2) is 4.98 Å². The van der Waals surface area contributed by atoms with Crippen LogP contribution in [-0.2, 0) is 10.2 Å². The fourth-order valence-corrected chi connectivity index (χ4v) is 2.96. The Labute approximate surface area is 139 Å². The molecule has 0 unspecified atom stereocenters. The van der Waals surface area contributed by atoms with Gasteiger partial charge < -0.3 is 5.32 Å². The first-order valence-electron chi connectivity index (χ1n) is 7.44. The minimum absolute atomic E-state index is 0.107. The van der Waals surface area contributed by atoms with Crippen LogP contribution in [0.25, 0.3) is 11.0 Å². The van der Waals surface area contributed by atoms with Gasteiger partial charge in [-0.05, 0) is 29.2 Å². The Morgan fingerprint density at radius 1 is 1.26 bits per heavy atom. The van der Waals surface area contributed by atoms with Crippen LogP contribution in [0.4, 0.5) is 5.69 Å². The summed E-state index contributed by atoms with van der Waals surface area (Å²) in [4.78, 5) is 17.2. The molecule has 0 radical (unpaired) electrons. The number of carbonyl (C=O) groups excluding carboxylic acids is 1. The number of hydrogen-bond donors (Lipinski definition) is 1. The largest absolute Gasteiger partial charge is 0.323 e. The molecule has 23 heavy (non-hydrogen) atoms. The van der Waals surface area contributed by atoms with E-state index in [-0.39, 0.29) is 11.3 Å². The number of amides is 1. The molecule has 3 aromatic rings. The van der Waals surface area contributed by atoms with Crippen molar-refractivity contribution in [3.8, 4) is 0 Å². The predicted molar refractivity (Wildman–Crippen MR) is 95.9 cm³/mol. The van der Waals surface area contributed by atoms with Gasteiger partial charge in [0.2, 0.25) is 5.91 Å². The minimum atomic E-state index is -0.154. The van der Waals surface area contributed by atoms with E-state index >= 15 is 0 Å². The molecule has 1 amide bonds. The van der Waals surface area contributed by atoms with E-state index in [0.29, 0.717) is 0 Å². The summed E-state index contributed by atoms with van der Waals surface area (Å²) < 4.78 is 1.95. The van der Waals surface area contributed by atoms with Gasteiger partial charge in [0.05, 0.1) is 11.9 Å². The number of hydrogen-bond acceptors (Lipinski definition) is 3. The number of thiazole rings is 1. The number of nitrogens with one attached hydrogen (secondary N) is 1. The van der Waals surface area contributed by atoms with Crippen molar-refractivity contribution < 1.29 is 4.79 Å². The molecule has 3 rings (SSSR count). The highest BCUT2D eigenvalue weighted by Gasteiger charge is 2.12. The van der Waals surface area contributed by atoms with Crippen LogP contribution in [0.2, 0.25) is 0 Å². The molecule has 118 valence electrons. The second-order valence-electron chi connectivity index (χ2n) is 6.39. The van der Waals surface area contributed by atoms with Crippen molar-refractivity contribution in [3.63, 3.8) is 0 Å². The Hall–Kier alpha value is -2.40. The molecule has 0 spiro atoms. The van der Waals surface area contributed by atoms with Crippen molar-refractivity contribution in [2.24, 2.45) is 0 Å². The van der Waals surface area contributed by atoms with Crippen LogP contribution in [0.3, 0.4) is 0 Å². The van der Waals surface area contributed by atoms with Crippen molar-refractivity contribution in [2.45, 2.75) is 26.2 Å². The summed E-state index contributed by atoms with van der Waals surface area (Å²) in [6.07, 6.45) is 6.99. The van der Waals surface area contributed by atoms with Gasteiger partial charge in [0, 0.05) is 23.3 Å². The van der Waals surface area contributed by atoms with E-state index in [0.717, 1.165) is 16.3 Å². The summed E-state index contributed by atoms with van der Waals surface area (Å²) >= 11 is 1.57. The second kappa shape index (κ2) is 6.01. The highest BCUT2D eigenvalue weighted by molar-refractivity contribution is 7.15. The van der Waals surface area contributed by atoms with Gasteiger partial charge in [0.15, 0.2) is 4.96 Å². The van der Waals surface area contributed by atoms with Gasteiger partial charge in [0.25, 0.3) is 0 Å². The molecule has 0 aliphatic rings. The zero-order chi connectivity index (χ0) is 16.4. The SMILES string of the molecule is CC(C)(C)c1ccc(NC(=O)/C=C/c2cnc3sccn23)cc1. The summed E-state index contributed by atoms with van der Waals surface area (Å²) in [6.45, 7) is 6.50. The molecular formula is C18H19N3OS. The van der Waals surface area contributed by atoms with Crippen LogP contribution in [0.5, 0.6) is 0 Å². The summed E-state index contributed by atoms with van der Waals surface area (Å²) in [5.41, 5.74) is 3.03. The average Bonchev–Trinajstić information content (AvgIpc) is 3.08. The van der Waals surface area contributed by atoms with Gasteiger partial charge >= 0.3 is 0 Å². The van der Waals surface area contributed by atoms with Crippen LogP contribution in [0, 0.1) is 0 Å². The fourth-order valence-electron chi connectivity index (χ4n) is 2.27. The van der Waals surface area contributed by atoms with Crippen molar-refractivity contribution in [3.05, 3.63) is 59.4 Å². The Morgan fingerprint density at radius 2 is 2.00 bits per heavy atom. The van der Waals surface area contributed by atoms with Gasteiger partial charge in [-0.15, -0.1) is 11.3 Å². The predicted octanol–water partition coefficient (Wildman–Crippen LogP) is 4.35. The Bertz CT molecular complexity index is 850. The van der Waals surface area contributed by atoms with Crippen molar-refractivity contribution in [1.82, 2.24) is 9.38 Å². The Kier molecular flexibility index (Phi) is 4.05. The average molecular weight is 325 g/mol. The molecular weight excluding hydrogens is 306 g/mol. The lowest BCUT2D eigenvalue weighted by atomic mass is 9.87. The lowest BCUT2D eigenvalue weighted by Gasteiger charge is -2.19. The van der Waals surface area contributed by atoms with E-state index in [2.05, 4.69) is 31.1 Å². The monoisotopic (exact) mass is 325 g/mol. The first kappa shape index (κ1) is 15.5. The Balaban J connectivity index is 1.67. The van der Waals surface area contributed by atoms with E-state index in [9.17, 15) is 4.79 Å². The van der Waals surface area contributed by atoms with E-state index in [1.54, 1.807) is 23.6 Å². The van der Waals surface area contributed by atoms with Gasteiger partial charge in [0.1, 0.15) is 0 Å². The molecule has 2 heterocycles. The smallest absolute Gasteiger partial charge is 0.248 e. The fraction of sp³-hybridized carbons (Fsp3) is 0.222. The van der Waals surface area contributed by atoms with Gasteiger partial charge in [-0.3, -0.25) is 9.20 Å². The number of imidazole rings is 1. The van der Waals surface area contributed by atoms with Crippen LogP contribution in [-0.4, -0.2) is 15.3 Å². The van der Waals surface area contributed by atoms with Crippen molar-refractivity contribution in [1.29, 1.82) is 0 Å². The molecule has 0 aliphatic carbocycles. The summed E-state index contributed by atoms with van der Waals surface area (Å²) in [5, 5.41) is 4.84. The number of fused-ring (bicyclic) bond motifs is 1. The van der Waals surface area contributed by atoms with Crippen molar-refractivity contribution >= 4 is 34.0 Å².